The first-order valence-corrected chi connectivity index (χ1v) is 7.77. The molecule has 23 heavy (non-hydrogen) atoms. The third-order valence-corrected chi connectivity index (χ3v) is 4.04. The van der Waals surface area contributed by atoms with E-state index in [2.05, 4.69) is 0 Å². The van der Waals surface area contributed by atoms with E-state index in [4.69, 9.17) is 9.47 Å². The van der Waals surface area contributed by atoms with E-state index < -0.39 is 34.8 Å². The average Bonchev–Trinajstić information content (AvgIpc) is 2.32. The van der Waals surface area contributed by atoms with Crippen LogP contribution in [-0.4, -0.2) is 53.8 Å². The SMILES string of the molecule is CCOC(=O)C1C(=O)CC(=O)CC12CN(C(=O)OC(C)(C)C)C2. The largest absolute Gasteiger partial charge is 0.465 e. The van der Waals surface area contributed by atoms with Gasteiger partial charge >= 0.3 is 12.1 Å². The standard InChI is InChI=1S/C16H23NO6/c1-5-22-13(20)12-11(19)6-10(18)7-16(12)8-17(9-16)14(21)23-15(2,3)4/h12H,5-9H2,1-4H3. The highest BCUT2D eigenvalue weighted by molar-refractivity contribution is 6.11. The van der Waals surface area contributed by atoms with Crippen LogP contribution in [0.2, 0.25) is 0 Å². The van der Waals surface area contributed by atoms with E-state index in [0.29, 0.717) is 0 Å². The van der Waals surface area contributed by atoms with Crippen molar-refractivity contribution in [3.05, 3.63) is 0 Å². The van der Waals surface area contributed by atoms with E-state index in [1.807, 2.05) is 0 Å². The molecule has 1 spiro atoms. The first-order valence-electron chi connectivity index (χ1n) is 7.77. The Balaban J connectivity index is 2.13. The smallest absolute Gasteiger partial charge is 0.410 e. The van der Waals surface area contributed by atoms with Gasteiger partial charge in [0.05, 0.1) is 13.0 Å². The average molecular weight is 325 g/mol. The number of ether oxygens (including phenoxy) is 2. The van der Waals surface area contributed by atoms with Gasteiger partial charge in [0.25, 0.3) is 0 Å². The number of esters is 1. The van der Waals surface area contributed by atoms with Gasteiger partial charge in [-0.3, -0.25) is 14.4 Å². The molecule has 7 nitrogen and oxygen atoms in total. The second-order valence-electron chi connectivity index (χ2n) is 7.24. The molecule has 0 bridgehead atoms. The minimum absolute atomic E-state index is 0.113. The highest BCUT2D eigenvalue weighted by Crippen LogP contribution is 2.46. The molecule has 1 aliphatic heterocycles. The van der Waals surface area contributed by atoms with Gasteiger partial charge in [-0.15, -0.1) is 0 Å². The van der Waals surface area contributed by atoms with Crippen molar-refractivity contribution < 1.29 is 28.7 Å². The predicted molar refractivity (Wildman–Crippen MR) is 79.6 cm³/mol. The summed E-state index contributed by atoms with van der Waals surface area (Å²) >= 11 is 0. The fourth-order valence-corrected chi connectivity index (χ4v) is 3.27. The molecule has 2 rings (SSSR count). The number of carbonyl (C=O) groups excluding carboxylic acids is 4. The van der Waals surface area contributed by atoms with Gasteiger partial charge in [-0.1, -0.05) is 0 Å². The molecule has 0 aromatic heterocycles. The lowest BCUT2D eigenvalue weighted by molar-refractivity contribution is -0.169. The molecule has 7 heteroatoms. The van der Waals surface area contributed by atoms with Crippen LogP contribution in [0.4, 0.5) is 4.79 Å². The molecule has 0 radical (unpaired) electrons. The molecule has 1 atom stereocenters. The van der Waals surface area contributed by atoms with Crippen LogP contribution in [0.25, 0.3) is 0 Å². The van der Waals surface area contributed by atoms with Crippen LogP contribution < -0.4 is 0 Å². The number of nitrogens with zero attached hydrogens (tertiary/aromatic N) is 1. The first-order chi connectivity index (χ1) is 10.6. The Labute approximate surface area is 135 Å². The Morgan fingerprint density at radius 3 is 2.39 bits per heavy atom. The summed E-state index contributed by atoms with van der Waals surface area (Å²) in [7, 11) is 0. The number of amides is 1. The summed E-state index contributed by atoms with van der Waals surface area (Å²) in [4.78, 5) is 49.6. The fraction of sp³-hybridized carbons (Fsp3) is 0.750. The zero-order chi connectivity index (χ0) is 17.4. The van der Waals surface area contributed by atoms with Gasteiger partial charge in [-0.25, -0.2) is 4.79 Å². The molecule has 1 aliphatic carbocycles. The summed E-state index contributed by atoms with van der Waals surface area (Å²) in [6.07, 6.45) is -0.629. The Morgan fingerprint density at radius 1 is 1.26 bits per heavy atom. The molecular formula is C16H23NO6. The number of Topliss-reactive ketones (excluding diaryl/α,β-unsaturated/α-hetero) is 2. The third kappa shape index (κ3) is 3.54. The zero-order valence-electron chi connectivity index (χ0n) is 14.0. The maximum Gasteiger partial charge on any atom is 0.410 e. The number of likely N-dealkylation sites (tertiary alicyclic amines) is 1. The Kier molecular flexibility index (Phi) is 4.50. The molecule has 2 aliphatic rings. The Bertz CT molecular complexity index is 541. The van der Waals surface area contributed by atoms with Crippen LogP contribution in [0.1, 0.15) is 40.5 Å². The molecule has 1 heterocycles. The minimum Gasteiger partial charge on any atom is -0.465 e. The van der Waals surface area contributed by atoms with Crippen LogP contribution in [0, 0.1) is 11.3 Å². The number of ketones is 2. The highest BCUT2D eigenvalue weighted by atomic mass is 16.6. The molecular weight excluding hydrogens is 302 g/mol. The normalized spacial score (nSPS) is 23.5. The minimum atomic E-state index is -0.973. The molecule has 0 aromatic rings. The van der Waals surface area contributed by atoms with Gasteiger partial charge in [0.2, 0.25) is 0 Å². The number of rotatable bonds is 2. The molecule has 128 valence electrons. The highest BCUT2D eigenvalue weighted by Gasteiger charge is 2.60. The Morgan fingerprint density at radius 2 is 1.87 bits per heavy atom. The van der Waals surface area contributed by atoms with Gasteiger partial charge in [-0.05, 0) is 27.7 Å². The molecule has 1 saturated heterocycles. The lowest BCUT2D eigenvalue weighted by Crippen LogP contribution is -2.67. The lowest BCUT2D eigenvalue weighted by Gasteiger charge is -2.53. The second-order valence-corrected chi connectivity index (χ2v) is 7.24. The topological polar surface area (TPSA) is 90.0 Å². The lowest BCUT2D eigenvalue weighted by atomic mass is 9.61. The summed E-state index contributed by atoms with van der Waals surface area (Å²) in [6, 6.07) is 0. The van der Waals surface area contributed by atoms with Crippen molar-refractivity contribution in [2.45, 2.75) is 46.1 Å². The zero-order valence-corrected chi connectivity index (χ0v) is 14.0. The molecule has 1 unspecified atom stereocenters. The van der Waals surface area contributed by atoms with Gasteiger partial charge in [0.1, 0.15) is 17.3 Å². The fourth-order valence-electron chi connectivity index (χ4n) is 3.27. The van der Waals surface area contributed by atoms with E-state index in [1.165, 1.54) is 4.90 Å². The van der Waals surface area contributed by atoms with Crippen molar-refractivity contribution in [3.8, 4) is 0 Å². The number of carbonyl (C=O) groups is 4. The van der Waals surface area contributed by atoms with Gasteiger partial charge in [0.15, 0.2) is 5.78 Å². The molecule has 1 amide bonds. The van der Waals surface area contributed by atoms with Gasteiger partial charge in [0, 0.05) is 24.9 Å². The van der Waals surface area contributed by atoms with Crippen molar-refractivity contribution in [3.63, 3.8) is 0 Å². The summed E-state index contributed by atoms with van der Waals surface area (Å²) in [5.74, 6) is -2.18. The van der Waals surface area contributed by atoms with Gasteiger partial charge in [-0.2, -0.15) is 0 Å². The quantitative estimate of drug-likeness (QED) is 0.562. The molecule has 0 aromatic carbocycles. The van der Waals surface area contributed by atoms with Crippen molar-refractivity contribution in [2.24, 2.45) is 11.3 Å². The second kappa shape index (κ2) is 5.94. The maximum atomic E-state index is 12.2. The van der Waals surface area contributed by atoms with Crippen molar-refractivity contribution in [1.29, 1.82) is 0 Å². The summed E-state index contributed by atoms with van der Waals surface area (Å²) < 4.78 is 10.3. The van der Waals surface area contributed by atoms with Crippen molar-refractivity contribution >= 4 is 23.6 Å². The van der Waals surface area contributed by atoms with Crippen LogP contribution in [-0.2, 0) is 23.9 Å². The summed E-state index contributed by atoms with van der Waals surface area (Å²) in [5.41, 5.74) is -1.46. The van der Waals surface area contributed by atoms with Crippen molar-refractivity contribution in [1.82, 2.24) is 4.90 Å². The van der Waals surface area contributed by atoms with Crippen molar-refractivity contribution in [2.75, 3.05) is 19.7 Å². The number of hydrogen-bond acceptors (Lipinski definition) is 6. The van der Waals surface area contributed by atoms with E-state index in [9.17, 15) is 19.2 Å². The summed E-state index contributed by atoms with van der Waals surface area (Å²) in [5, 5.41) is 0. The maximum absolute atomic E-state index is 12.2. The van der Waals surface area contributed by atoms with Crippen LogP contribution in [0.5, 0.6) is 0 Å². The number of hydrogen-bond donors (Lipinski definition) is 0. The van der Waals surface area contributed by atoms with Crippen LogP contribution in [0.3, 0.4) is 0 Å². The van der Waals surface area contributed by atoms with Gasteiger partial charge < -0.3 is 14.4 Å². The predicted octanol–water partition coefficient (Wildman–Crippen LogP) is 1.33. The first kappa shape index (κ1) is 17.4. The molecule has 0 N–H and O–H groups in total. The van der Waals surface area contributed by atoms with E-state index in [1.54, 1.807) is 27.7 Å². The van der Waals surface area contributed by atoms with Crippen LogP contribution in [0.15, 0.2) is 0 Å². The molecule has 2 fully saturated rings. The summed E-state index contributed by atoms with van der Waals surface area (Å²) in [6.45, 7) is 7.42. The third-order valence-electron chi connectivity index (χ3n) is 4.04. The Hall–Kier alpha value is -1.92. The van der Waals surface area contributed by atoms with E-state index in [0.717, 1.165) is 0 Å². The van der Waals surface area contributed by atoms with Crippen LogP contribution >= 0.6 is 0 Å². The van der Waals surface area contributed by atoms with E-state index in [-0.39, 0.29) is 38.3 Å². The molecule has 1 saturated carbocycles. The van der Waals surface area contributed by atoms with E-state index >= 15 is 0 Å². The monoisotopic (exact) mass is 325 g/mol.